The van der Waals surface area contributed by atoms with Crippen molar-refractivity contribution < 1.29 is 9.47 Å². The van der Waals surface area contributed by atoms with Crippen LogP contribution in [0.4, 0.5) is 0 Å². The Balaban J connectivity index is 1.48. The van der Waals surface area contributed by atoms with E-state index in [9.17, 15) is 0 Å². The van der Waals surface area contributed by atoms with E-state index in [0.29, 0.717) is 0 Å². The zero-order valence-corrected chi connectivity index (χ0v) is 24.8. The van der Waals surface area contributed by atoms with Crippen molar-refractivity contribution in [3.8, 4) is 22.9 Å². The summed E-state index contributed by atoms with van der Waals surface area (Å²) >= 11 is 3.74. The third kappa shape index (κ3) is 3.59. The minimum absolute atomic E-state index is 0.238. The highest BCUT2D eigenvalue weighted by Crippen LogP contribution is 2.69. The van der Waals surface area contributed by atoms with Crippen molar-refractivity contribution in [2.24, 2.45) is 17.9 Å². The van der Waals surface area contributed by atoms with Crippen LogP contribution in [0.25, 0.3) is 31.0 Å². The highest BCUT2D eigenvalue weighted by Gasteiger charge is 2.56. The van der Waals surface area contributed by atoms with E-state index in [4.69, 9.17) is 14.5 Å². The molecule has 40 heavy (non-hydrogen) atoms. The van der Waals surface area contributed by atoms with Gasteiger partial charge in [-0.05, 0) is 35.4 Å². The lowest BCUT2D eigenvalue weighted by atomic mass is 9.62. The van der Waals surface area contributed by atoms with Crippen molar-refractivity contribution in [2.45, 2.75) is 13.8 Å². The first-order valence-electron chi connectivity index (χ1n) is 13.3. The van der Waals surface area contributed by atoms with Crippen LogP contribution in [0.2, 0.25) is 0 Å². The van der Waals surface area contributed by atoms with Gasteiger partial charge in [0.15, 0.2) is 0 Å². The molecule has 200 valence electrons. The molecule has 2 aliphatic heterocycles. The second-order valence-electron chi connectivity index (χ2n) is 10.8. The second-order valence-corrected chi connectivity index (χ2v) is 12.9. The molecule has 3 heterocycles. The number of fused-ring (bicyclic) bond motifs is 4. The molecule has 0 saturated heterocycles. The van der Waals surface area contributed by atoms with E-state index in [1.54, 1.807) is 14.2 Å². The Hall–Kier alpha value is -3.61. The van der Waals surface area contributed by atoms with Gasteiger partial charge in [-0.3, -0.25) is 0 Å². The number of allylic oxidation sites excluding steroid dienone is 2. The summed E-state index contributed by atoms with van der Waals surface area (Å²) in [5.74, 6) is 2.73. The molecule has 0 radical (unpaired) electrons. The molecule has 0 unspecified atom stereocenters. The zero-order valence-electron chi connectivity index (χ0n) is 23.2. The number of thioether (sulfide) groups is 2. The molecular formula is C34H30N2O2S2. The number of aromatic nitrogens is 2. The first-order chi connectivity index (χ1) is 19.4. The van der Waals surface area contributed by atoms with E-state index >= 15 is 0 Å². The van der Waals surface area contributed by atoms with Gasteiger partial charge in [0.05, 0.1) is 19.6 Å². The maximum Gasteiger partial charge on any atom is 0.140 e. The Bertz CT molecular complexity index is 1840. The van der Waals surface area contributed by atoms with E-state index < -0.39 is 0 Å². The molecule has 0 N–H and O–H groups in total. The fourth-order valence-electron chi connectivity index (χ4n) is 6.06. The van der Waals surface area contributed by atoms with Crippen LogP contribution in [-0.4, -0.2) is 23.8 Å². The Morgan fingerprint density at radius 2 is 1.15 bits per heavy atom. The van der Waals surface area contributed by atoms with Gasteiger partial charge in [-0.2, -0.15) is 0 Å². The van der Waals surface area contributed by atoms with Gasteiger partial charge < -0.3 is 14.0 Å². The van der Waals surface area contributed by atoms with Crippen LogP contribution in [-0.2, 0) is 7.05 Å². The van der Waals surface area contributed by atoms with Crippen molar-refractivity contribution in [1.29, 1.82) is 0 Å². The lowest BCUT2D eigenvalue weighted by Crippen LogP contribution is -2.48. The van der Waals surface area contributed by atoms with Crippen LogP contribution >= 0.6 is 23.5 Å². The number of imidazole rings is 1. The van der Waals surface area contributed by atoms with Crippen LogP contribution < -0.4 is 20.2 Å². The predicted molar refractivity (Wildman–Crippen MR) is 168 cm³/mol. The monoisotopic (exact) mass is 562 g/mol. The number of nitrogens with zero attached hydrogens (tertiary/aromatic N) is 2. The van der Waals surface area contributed by atoms with Gasteiger partial charge in [0.25, 0.3) is 0 Å². The van der Waals surface area contributed by atoms with Gasteiger partial charge in [-0.15, -0.1) is 0 Å². The summed E-state index contributed by atoms with van der Waals surface area (Å²) in [4.78, 5) is 10.5. The molecular weight excluding hydrogens is 533 g/mol. The smallest absolute Gasteiger partial charge is 0.140 e. The molecule has 4 nitrogen and oxygen atoms in total. The summed E-state index contributed by atoms with van der Waals surface area (Å²) in [6, 6.07) is 27.3. The molecule has 0 spiro atoms. The lowest BCUT2D eigenvalue weighted by molar-refractivity contribution is 0.355. The van der Waals surface area contributed by atoms with Gasteiger partial charge in [0.2, 0.25) is 0 Å². The molecule has 2 atom stereocenters. The number of hydrogen-bond donors (Lipinski definition) is 0. The van der Waals surface area contributed by atoms with E-state index in [2.05, 4.69) is 92.2 Å². The fraction of sp³-hybridized carbons (Fsp3) is 0.206. The third-order valence-electron chi connectivity index (χ3n) is 8.59. The standard InChI is InChI=1S/C34H30N2O2S2/c1-33-19-26(21-11-15-24(37-4)16-12-21)39-30(33)28-29(36(3)32(35-28)23-9-7-6-8-10-23)31-34(33,2)20-27(40-31)22-13-17-25(38-5)18-14-22/h6-20H,1-5H3/t33-,34-/m1/s1. The lowest BCUT2D eigenvalue weighted by Gasteiger charge is -2.42. The van der Waals surface area contributed by atoms with Gasteiger partial charge in [-0.1, -0.05) is 104 Å². The average molecular weight is 563 g/mol. The Morgan fingerprint density at radius 1 is 0.650 bits per heavy atom. The summed E-state index contributed by atoms with van der Waals surface area (Å²) in [7, 11) is 5.58. The highest BCUT2D eigenvalue weighted by atomic mass is 32.2. The van der Waals surface area contributed by atoms with Crippen LogP contribution in [0.1, 0.15) is 25.0 Å². The summed E-state index contributed by atoms with van der Waals surface area (Å²) < 4.78 is 13.2. The highest BCUT2D eigenvalue weighted by molar-refractivity contribution is 8.17. The largest absolute Gasteiger partial charge is 0.497 e. The topological polar surface area (TPSA) is 36.3 Å². The molecule has 0 fully saturated rings. The van der Waals surface area contributed by atoms with Gasteiger partial charge in [-0.25, -0.2) is 4.98 Å². The molecule has 0 amide bonds. The van der Waals surface area contributed by atoms with Crippen molar-refractivity contribution >= 4 is 43.1 Å². The van der Waals surface area contributed by atoms with Crippen LogP contribution in [0.5, 0.6) is 11.5 Å². The quantitative estimate of drug-likeness (QED) is 0.264. The molecule has 6 heteroatoms. The van der Waals surface area contributed by atoms with Crippen molar-refractivity contribution in [3.05, 3.63) is 113 Å². The van der Waals surface area contributed by atoms with Gasteiger partial charge in [0.1, 0.15) is 22.7 Å². The van der Waals surface area contributed by atoms with Gasteiger partial charge >= 0.3 is 0 Å². The predicted octanol–water partition coefficient (Wildman–Crippen LogP) is 6.92. The number of rotatable bonds is 5. The molecule has 3 aromatic carbocycles. The zero-order chi connectivity index (χ0) is 27.6. The van der Waals surface area contributed by atoms with Gasteiger partial charge in [0, 0.05) is 43.1 Å². The maximum absolute atomic E-state index is 5.43. The summed E-state index contributed by atoms with van der Waals surface area (Å²) in [5, 5.41) is 2.31. The summed E-state index contributed by atoms with van der Waals surface area (Å²) in [6.07, 6.45) is 4.96. The normalized spacial score (nSPS) is 22.8. The minimum Gasteiger partial charge on any atom is -0.497 e. The van der Waals surface area contributed by atoms with Crippen molar-refractivity contribution in [1.82, 2.24) is 9.55 Å². The average Bonchev–Trinajstić information content (AvgIpc) is 3.65. The minimum atomic E-state index is -0.251. The molecule has 3 aliphatic rings. The van der Waals surface area contributed by atoms with Crippen molar-refractivity contribution in [3.63, 3.8) is 0 Å². The molecule has 1 aliphatic carbocycles. The molecule has 0 saturated carbocycles. The summed E-state index contributed by atoms with van der Waals surface area (Å²) in [5.41, 5.74) is 3.04. The third-order valence-corrected chi connectivity index (χ3v) is 11.4. The number of methoxy groups -OCH3 is 2. The second kappa shape index (κ2) is 9.22. The van der Waals surface area contributed by atoms with E-state index in [0.717, 1.165) is 28.2 Å². The molecule has 7 rings (SSSR count). The number of ether oxygens (including phenoxy) is 2. The first-order valence-corrected chi connectivity index (χ1v) is 15.0. The van der Waals surface area contributed by atoms with E-state index in [-0.39, 0.29) is 10.8 Å². The Kier molecular flexibility index (Phi) is 5.84. The SMILES string of the molecule is COc1ccc(C2=C[C@]3(C)C(=c4nc(-c5ccccc5)n(C)c4=C4SC(c5ccc(OC)cc5)=C[C@]43C)S2)cc1. The van der Waals surface area contributed by atoms with Crippen LogP contribution in [0.3, 0.4) is 0 Å². The summed E-state index contributed by atoms with van der Waals surface area (Å²) in [6.45, 7) is 4.79. The van der Waals surface area contributed by atoms with Crippen LogP contribution in [0.15, 0.2) is 91.0 Å². The Labute approximate surface area is 243 Å². The Morgan fingerprint density at radius 3 is 1.68 bits per heavy atom. The number of benzene rings is 3. The van der Waals surface area contributed by atoms with E-state index in [1.807, 2.05) is 47.8 Å². The molecule has 1 aromatic heterocycles. The fourth-order valence-corrected chi connectivity index (χ4v) is 9.14. The van der Waals surface area contributed by atoms with E-state index in [1.165, 1.54) is 36.1 Å². The van der Waals surface area contributed by atoms with Crippen molar-refractivity contribution in [2.75, 3.05) is 14.2 Å². The maximum atomic E-state index is 5.43. The molecule has 0 bridgehead atoms. The molecule has 4 aromatic rings. The first kappa shape index (κ1) is 25.4. The van der Waals surface area contributed by atoms with Crippen LogP contribution in [0, 0.1) is 10.8 Å². The number of hydrogen-bond acceptors (Lipinski definition) is 5.